The molecule has 142 valence electrons. The molecule has 0 aliphatic carbocycles. The minimum Gasteiger partial charge on any atom is -0.354 e. The Bertz CT molecular complexity index is 676. The molecular formula is C19H29IN6. The van der Waals surface area contributed by atoms with Crippen LogP contribution in [-0.2, 0) is 20.1 Å². The van der Waals surface area contributed by atoms with Crippen molar-refractivity contribution >= 4 is 29.9 Å². The highest BCUT2D eigenvalue weighted by Crippen LogP contribution is 2.13. The summed E-state index contributed by atoms with van der Waals surface area (Å²) < 4.78 is 2.12. The molecule has 3 rings (SSSR count). The largest absolute Gasteiger partial charge is 0.354 e. The fourth-order valence-electron chi connectivity index (χ4n) is 3.20. The molecule has 2 aromatic heterocycles. The van der Waals surface area contributed by atoms with Crippen LogP contribution in [-0.4, -0.2) is 46.6 Å². The minimum atomic E-state index is 0. The third kappa shape index (κ3) is 5.98. The van der Waals surface area contributed by atoms with Crippen LogP contribution in [0.1, 0.15) is 24.2 Å². The molecule has 26 heavy (non-hydrogen) atoms. The van der Waals surface area contributed by atoms with Crippen LogP contribution in [0.25, 0.3) is 0 Å². The van der Waals surface area contributed by atoms with Gasteiger partial charge in [-0.15, -0.1) is 24.0 Å². The third-order valence-electron chi connectivity index (χ3n) is 4.75. The summed E-state index contributed by atoms with van der Waals surface area (Å²) in [6, 6.07) is 10.8. The Balaban J connectivity index is 0.00000243. The van der Waals surface area contributed by atoms with Gasteiger partial charge in [0.1, 0.15) is 0 Å². The molecule has 1 saturated heterocycles. The average Bonchev–Trinajstić information content (AvgIpc) is 3.06. The third-order valence-corrected chi connectivity index (χ3v) is 4.75. The number of hydrogen-bond donors (Lipinski definition) is 2. The van der Waals surface area contributed by atoms with Crippen LogP contribution in [0.2, 0.25) is 0 Å². The first-order valence-electron chi connectivity index (χ1n) is 8.94. The van der Waals surface area contributed by atoms with Crippen LogP contribution >= 0.6 is 24.0 Å². The maximum Gasteiger partial charge on any atom is 0.191 e. The lowest BCUT2D eigenvalue weighted by Gasteiger charge is -2.32. The number of rotatable bonds is 5. The predicted octanol–water partition coefficient (Wildman–Crippen LogP) is 2.37. The second-order valence-electron chi connectivity index (χ2n) is 6.55. The SMILES string of the molecule is CN=C(NCc1cccn1C)NC1CCN(Cc2ccccn2)CC1.I. The monoisotopic (exact) mass is 468 g/mol. The van der Waals surface area contributed by atoms with Gasteiger partial charge in [-0.05, 0) is 37.1 Å². The van der Waals surface area contributed by atoms with E-state index in [9.17, 15) is 0 Å². The molecule has 0 bridgehead atoms. The molecule has 0 amide bonds. The Labute approximate surface area is 173 Å². The molecule has 2 aromatic rings. The molecule has 7 heteroatoms. The number of aromatic nitrogens is 2. The molecule has 2 N–H and O–H groups in total. The Kier molecular flexibility index (Phi) is 8.37. The summed E-state index contributed by atoms with van der Waals surface area (Å²) in [4.78, 5) is 11.3. The van der Waals surface area contributed by atoms with Gasteiger partial charge in [-0.1, -0.05) is 6.07 Å². The molecule has 0 atom stereocenters. The van der Waals surface area contributed by atoms with Crippen LogP contribution in [0.4, 0.5) is 0 Å². The Morgan fingerprint density at radius 1 is 1.23 bits per heavy atom. The topological polar surface area (TPSA) is 57.5 Å². The first-order valence-corrected chi connectivity index (χ1v) is 8.94. The first-order chi connectivity index (χ1) is 12.2. The molecule has 1 aliphatic heterocycles. The quantitative estimate of drug-likeness (QED) is 0.402. The molecule has 0 spiro atoms. The lowest BCUT2D eigenvalue weighted by atomic mass is 10.0. The van der Waals surface area contributed by atoms with Gasteiger partial charge in [0.25, 0.3) is 0 Å². The van der Waals surface area contributed by atoms with Crippen LogP contribution < -0.4 is 10.6 Å². The van der Waals surface area contributed by atoms with Crippen molar-refractivity contribution in [2.75, 3.05) is 20.1 Å². The van der Waals surface area contributed by atoms with E-state index in [-0.39, 0.29) is 24.0 Å². The molecular weight excluding hydrogens is 439 g/mol. The molecule has 0 saturated carbocycles. The number of piperidine rings is 1. The standard InChI is InChI=1S/C19H28N6.HI/c1-20-19(22-14-18-7-5-11-24(18)2)23-16-8-12-25(13-9-16)15-17-6-3-4-10-21-17;/h3-7,10-11,16H,8-9,12-15H2,1-2H3,(H2,20,22,23);1H. The van der Waals surface area contributed by atoms with Gasteiger partial charge in [0.05, 0.1) is 12.2 Å². The van der Waals surface area contributed by atoms with Gasteiger partial charge in [-0.25, -0.2) is 0 Å². The van der Waals surface area contributed by atoms with Crippen molar-refractivity contribution in [2.24, 2.45) is 12.0 Å². The number of nitrogens with zero attached hydrogens (tertiary/aromatic N) is 4. The second kappa shape index (κ2) is 10.5. The predicted molar refractivity (Wildman–Crippen MR) is 117 cm³/mol. The molecule has 0 radical (unpaired) electrons. The summed E-state index contributed by atoms with van der Waals surface area (Å²) in [7, 11) is 3.89. The van der Waals surface area contributed by atoms with Gasteiger partial charge in [0, 0.05) is 57.9 Å². The maximum absolute atomic E-state index is 4.42. The Hall–Kier alpha value is -1.61. The van der Waals surface area contributed by atoms with Gasteiger partial charge in [0.2, 0.25) is 0 Å². The zero-order valence-electron chi connectivity index (χ0n) is 15.6. The van der Waals surface area contributed by atoms with E-state index in [1.807, 2.05) is 19.3 Å². The van der Waals surface area contributed by atoms with E-state index in [2.05, 4.69) is 67.6 Å². The zero-order chi connectivity index (χ0) is 17.5. The highest BCUT2D eigenvalue weighted by atomic mass is 127. The van der Waals surface area contributed by atoms with Gasteiger partial charge in [0.15, 0.2) is 5.96 Å². The highest BCUT2D eigenvalue weighted by Gasteiger charge is 2.20. The number of aliphatic imine (C=N–C) groups is 1. The summed E-state index contributed by atoms with van der Waals surface area (Å²) in [5.41, 5.74) is 2.39. The first kappa shape index (κ1) is 20.7. The number of likely N-dealkylation sites (tertiary alicyclic amines) is 1. The molecule has 1 aliphatic rings. The number of pyridine rings is 1. The summed E-state index contributed by atoms with van der Waals surface area (Å²) >= 11 is 0. The van der Waals surface area contributed by atoms with E-state index in [1.165, 1.54) is 5.69 Å². The lowest BCUT2D eigenvalue weighted by Crippen LogP contribution is -2.48. The van der Waals surface area contributed by atoms with Crippen molar-refractivity contribution in [2.45, 2.75) is 32.0 Å². The number of halogens is 1. The van der Waals surface area contributed by atoms with Gasteiger partial charge in [-0.3, -0.25) is 14.9 Å². The summed E-state index contributed by atoms with van der Waals surface area (Å²) in [5, 5.41) is 6.96. The molecule has 6 nitrogen and oxygen atoms in total. The van der Waals surface area contributed by atoms with Crippen molar-refractivity contribution in [3.8, 4) is 0 Å². The van der Waals surface area contributed by atoms with Crippen molar-refractivity contribution in [3.05, 3.63) is 54.1 Å². The highest BCUT2D eigenvalue weighted by molar-refractivity contribution is 14.0. The van der Waals surface area contributed by atoms with Crippen molar-refractivity contribution in [1.29, 1.82) is 0 Å². The summed E-state index contributed by atoms with van der Waals surface area (Å²) in [6.45, 7) is 3.89. The summed E-state index contributed by atoms with van der Waals surface area (Å²) in [6.07, 6.45) is 6.17. The maximum atomic E-state index is 4.42. The van der Waals surface area contributed by atoms with E-state index in [4.69, 9.17) is 0 Å². The fraction of sp³-hybridized carbons (Fsp3) is 0.474. The van der Waals surface area contributed by atoms with Gasteiger partial charge in [-0.2, -0.15) is 0 Å². The number of guanidine groups is 1. The second-order valence-corrected chi connectivity index (χ2v) is 6.55. The zero-order valence-corrected chi connectivity index (χ0v) is 17.9. The fourth-order valence-corrected chi connectivity index (χ4v) is 3.20. The van der Waals surface area contributed by atoms with Crippen LogP contribution in [0, 0.1) is 0 Å². The Morgan fingerprint density at radius 3 is 2.65 bits per heavy atom. The smallest absolute Gasteiger partial charge is 0.191 e. The molecule has 0 aromatic carbocycles. The molecule has 0 unspecified atom stereocenters. The van der Waals surface area contributed by atoms with Crippen molar-refractivity contribution < 1.29 is 0 Å². The minimum absolute atomic E-state index is 0. The van der Waals surface area contributed by atoms with E-state index in [1.54, 1.807) is 0 Å². The van der Waals surface area contributed by atoms with E-state index in [0.29, 0.717) is 6.04 Å². The molecule has 3 heterocycles. The van der Waals surface area contributed by atoms with E-state index in [0.717, 1.165) is 50.7 Å². The average molecular weight is 468 g/mol. The normalized spacial score (nSPS) is 16.2. The van der Waals surface area contributed by atoms with E-state index >= 15 is 0 Å². The van der Waals surface area contributed by atoms with Gasteiger partial charge < -0.3 is 15.2 Å². The summed E-state index contributed by atoms with van der Waals surface area (Å²) in [5.74, 6) is 0.879. The Morgan fingerprint density at radius 2 is 2.04 bits per heavy atom. The van der Waals surface area contributed by atoms with Gasteiger partial charge >= 0.3 is 0 Å². The van der Waals surface area contributed by atoms with Crippen molar-refractivity contribution in [1.82, 2.24) is 25.1 Å². The number of aryl methyl sites for hydroxylation is 1. The van der Waals surface area contributed by atoms with Crippen LogP contribution in [0.5, 0.6) is 0 Å². The lowest BCUT2D eigenvalue weighted by molar-refractivity contribution is 0.196. The number of hydrogen-bond acceptors (Lipinski definition) is 3. The number of nitrogens with one attached hydrogen (secondary N) is 2. The van der Waals surface area contributed by atoms with Crippen LogP contribution in [0.3, 0.4) is 0 Å². The van der Waals surface area contributed by atoms with Crippen LogP contribution in [0.15, 0.2) is 47.7 Å². The van der Waals surface area contributed by atoms with E-state index < -0.39 is 0 Å². The molecule has 1 fully saturated rings. The van der Waals surface area contributed by atoms with Crippen molar-refractivity contribution in [3.63, 3.8) is 0 Å².